The molecule has 6 N–H and O–H groups in total. The first kappa shape index (κ1) is 42.2. The summed E-state index contributed by atoms with van der Waals surface area (Å²) in [4.78, 5) is 30.9. The van der Waals surface area contributed by atoms with Crippen LogP contribution in [0.25, 0.3) is 0 Å². The molecular formula is C31H47NO12. The highest BCUT2D eigenvalue weighted by atomic mass is 17.5. The third-order valence-corrected chi connectivity index (χ3v) is 4.94. The number of aliphatic hydroxyl groups is 4. The Labute approximate surface area is 258 Å². The maximum atomic E-state index is 10.6. The van der Waals surface area contributed by atoms with Crippen molar-refractivity contribution >= 4 is 17.6 Å². The molecule has 44 heavy (non-hydrogen) atoms. The number of aliphatic hydroxyl groups excluding tert-OH is 4. The van der Waals surface area contributed by atoms with Crippen molar-refractivity contribution in [1.82, 2.24) is 0 Å². The van der Waals surface area contributed by atoms with E-state index in [4.69, 9.17) is 20.4 Å². The number of hydrogen-bond donors (Lipinski definition) is 6. The molecule has 0 spiro atoms. The van der Waals surface area contributed by atoms with Crippen LogP contribution in [0.15, 0.2) is 72.8 Å². The molecule has 0 saturated carbocycles. The van der Waals surface area contributed by atoms with Gasteiger partial charge in [-0.1, -0.05) is 44.7 Å². The molecule has 0 heterocycles. The monoisotopic (exact) mass is 625 g/mol. The highest BCUT2D eigenvalue weighted by molar-refractivity contribution is 5.87. The number of carbonyl (C=O) groups excluding carboxylic acids is 2. The van der Waals surface area contributed by atoms with Crippen LogP contribution in [-0.4, -0.2) is 81.5 Å². The molecule has 0 aliphatic carbocycles. The van der Waals surface area contributed by atoms with E-state index in [1.165, 1.54) is 43.7 Å². The highest BCUT2D eigenvalue weighted by Crippen LogP contribution is 2.21. The van der Waals surface area contributed by atoms with E-state index in [0.717, 1.165) is 5.69 Å². The van der Waals surface area contributed by atoms with Gasteiger partial charge in [0.15, 0.2) is 0 Å². The zero-order valence-electron chi connectivity index (χ0n) is 26.0. The summed E-state index contributed by atoms with van der Waals surface area (Å²) in [7, 11) is 0. The molecule has 0 amide bonds. The fraction of sp³-hybridized carbons (Fsp3) is 0.419. The molecule has 2 unspecified atom stereocenters. The van der Waals surface area contributed by atoms with E-state index in [-0.39, 0.29) is 35.9 Å². The molecule has 0 bridgehead atoms. The van der Waals surface area contributed by atoms with Crippen molar-refractivity contribution in [2.24, 2.45) is 0 Å². The number of hydrogen-bond acceptors (Lipinski definition) is 13. The van der Waals surface area contributed by atoms with E-state index in [2.05, 4.69) is 32.7 Å². The molecule has 2 aromatic carbocycles. The summed E-state index contributed by atoms with van der Waals surface area (Å²) in [5, 5.41) is 57.1. The topological polar surface area (TPSA) is 196 Å². The van der Waals surface area contributed by atoms with Crippen LogP contribution in [-0.2, 0) is 29.1 Å². The molecule has 13 nitrogen and oxygen atoms in total. The largest absolute Gasteiger partial charge is 0.508 e. The Hall–Kier alpha value is -3.98. The van der Waals surface area contributed by atoms with Gasteiger partial charge in [-0.15, -0.1) is 0 Å². The molecule has 2 aromatic rings. The maximum Gasteiger partial charge on any atom is 0.372 e. The zero-order chi connectivity index (χ0) is 34.1. The molecule has 0 saturated heterocycles. The second-order valence-electron chi connectivity index (χ2n) is 8.97. The van der Waals surface area contributed by atoms with Gasteiger partial charge in [0.1, 0.15) is 24.0 Å². The summed E-state index contributed by atoms with van der Waals surface area (Å²) in [6.45, 7) is 15.9. The van der Waals surface area contributed by atoms with Crippen molar-refractivity contribution in [3.05, 3.63) is 78.4 Å². The van der Waals surface area contributed by atoms with Crippen molar-refractivity contribution in [2.45, 2.75) is 59.9 Å². The Kier molecular flexibility index (Phi) is 24.4. The summed E-state index contributed by atoms with van der Waals surface area (Å²) >= 11 is 0. The normalized spacial score (nSPS) is 11.0. The first-order valence-corrected chi connectivity index (χ1v) is 13.6. The molecule has 0 aromatic heterocycles. The van der Waals surface area contributed by atoms with Crippen LogP contribution >= 0.6 is 0 Å². The van der Waals surface area contributed by atoms with Gasteiger partial charge in [0.25, 0.3) is 0 Å². The van der Waals surface area contributed by atoms with Gasteiger partial charge in [0, 0.05) is 21.9 Å². The minimum Gasteiger partial charge on any atom is -0.508 e. The van der Waals surface area contributed by atoms with Gasteiger partial charge in [-0.05, 0) is 70.0 Å². The first-order chi connectivity index (χ1) is 20.7. The zero-order valence-corrected chi connectivity index (χ0v) is 26.0. The molecular weight excluding hydrogens is 578 g/mol. The second-order valence-corrected chi connectivity index (χ2v) is 8.97. The number of phenols is 2. The van der Waals surface area contributed by atoms with E-state index < -0.39 is 24.4 Å². The summed E-state index contributed by atoms with van der Waals surface area (Å²) in [5.74, 6) is -1.28. The summed E-state index contributed by atoms with van der Waals surface area (Å²) in [6, 6.07) is 13.5. The molecule has 13 heteroatoms. The fourth-order valence-electron chi connectivity index (χ4n) is 2.56. The predicted octanol–water partition coefficient (Wildman–Crippen LogP) is 3.42. The molecule has 0 aliphatic heterocycles. The number of carbonyl (C=O) groups is 2. The van der Waals surface area contributed by atoms with Gasteiger partial charge in [-0.3, -0.25) is 9.78 Å². The second kappa shape index (κ2) is 25.5. The van der Waals surface area contributed by atoms with Gasteiger partial charge in [-0.25, -0.2) is 9.59 Å². The molecule has 2 atom stereocenters. The van der Waals surface area contributed by atoms with Crippen molar-refractivity contribution in [3.8, 4) is 11.5 Å². The van der Waals surface area contributed by atoms with E-state index in [0.29, 0.717) is 26.1 Å². The fourth-order valence-corrected chi connectivity index (χ4v) is 2.56. The number of anilines is 1. The molecule has 0 radical (unpaired) electrons. The molecule has 248 valence electrons. The Morgan fingerprint density at radius 2 is 1.11 bits per heavy atom. The number of ether oxygens (including phenoxy) is 1. The standard InChI is InChI=1S/C13H21NO2.C8H10O5.C6H6O2.C4H10O3/c1-4-12(15)14(13(16)5-2)11-8-6-10(3)7-9-11;1-5(2)7(9)11-13-12-8(10)6(3)4;7-5-1-2-6(8)4-3-5;5-1-3-7-4-2-6/h6-9,12-13,15-16H,4-5H2,1-3H3;1,3H2,2,4H3;1-4,7-8H;5-6H,1-4H2. The van der Waals surface area contributed by atoms with Crippen LogP contribution in [0, 0.1) is 6.92 Å². The van der Waals surface area contributed by atoms with E-state index in [1.54, 1.807) is 4.90 Å². The van der Waals surface area contributed by atoms with Crippen LogP contribution in [0.1, 0.15) is 46.1 Å². The Bertz CT molecular complexity index is 1010. The Morgan fingerprint density at radius 3 is 1.41 bits per heavy atom. The molecule has 0 aliphatic rings. The number of aryl methyl sites for hydroxylation is 1. The van der Waals surface area contributed by atoms with Crippen molar-refractivity contribution in [2.75, 3.05) is 31.3 Å². The predicted molar refractivity (Wildman–Crippen MR) is 164 cm³/mol. The summed E-state index contributed by atoms with van der Waals surface area (Å²) in [5.41, 5.74) is 2.28. The van der Waals surface area contributed by atoms with Gasteiger partial charge >= 0.3 is 11.9 Å². The average molecular weight is 626 g/mol. The van der Waals surface area contributed by atoms with E-state index in [9.17, 15) is 19.8 Å². The summed E-state index contributed by atoms with van der Waals surface area (Å²) < 4.78 is 4.63. The lowest BCUT2D eigenvalue weighted by Crippen LogP contribution is -2.42. The van der Waals surface area contributed by atoms with Gasteiger partial charge in [-0.2, -0.15) is 0 Å². The van der Waals surface area contributed by atoms with Gasteiger partial charge in [0.2, 0.25) is 0 Å². The third kappa shape index (κ3) is 20.8. The SMILES string of the molecule is C=C(C)C(=O)OOOC(=O)C(=C)C.CCC(O)N(c1ccc(C)cc1)C(O)CC.OCCOCCO.Oc1ccc(O)cc1. The van der Waals surface area contributed by atoms with Crippen LogP contribution in [0.2, 0.25) is 0 Å². The van der Waals surface area contributed by atoms with Gasteiger partial charge < -0.3 is 40.3 Å². The number of benzene rings is 2. The molecule has 2 rings (SSSR count). The van der Waals surface area contributed by atoms with Crippen molar-refractivity contribution in [1.29, 1.82) is 0 Å². The quantitative estimate of drug-likeness (QED) is 0.0474. The number of nitrogens with zero attached hydrogens (tertiary/aromatic N) is 1. The number of aromatic hydroxyl groups is 2. The maximum absolute atomic E-state index is 10.6. The lowest BCUT2D eigenvalue weighted by Gasteiger charge is -2.33. The van der Waals surface area contributed by atoms with Gasteiger partial charge in [0.05, 0.1) is 26.4 Å². The molecule has 0 fully saturated rings. The highest BCUT2D eigenvalue weighted by Gasteiger charge is 2.20. The van der Waals surface area contributed by atoms with Crippen LogP contribution in [0.3, 0.4) is 0 Å². The Balaban J connectivity index is 0. The summed E-state index contributed by atoms with van der Waals surface area (Å²) in [6.07, 6.45) is -0.106. The average Bonchev–Trinajstić information content (AvgIpc) is 3.00. The van der Waals surface area contributed by atoms with Crippen LogP contribution < -0.4 is 4.90 Å². The number of phenolic OH excluding ortho intramolecular Hbond substituents is 2. The lowest BCUT2D eigenvalue weighted by atomic mass is 10.2. The van der Waals surface area contributed by atoms with Crippen LogP contribution in [0.4, 0.5) is 5.69 Å². The first-order valence-electron chi connectivity index (χ1n) is 13.6. The third-order valence-electron chi connectivity index (χ3n) is 4.94. The smallest absolute Gasteiger partial charge is 0.372 e. The van der Waals surface area contributed by atoms with Crippen molar-refractivity contribution < 1.29 is 59.8 Å². The van der Waals surface area contributed by atoms with Crippen molar-refractivity contribution in [3.63, 3.8) is 0 Å². The Morgan fingerprint density at radius 1 is 0.750 bits per heavy atom. The van der Waals surface area contributed by atoms with E-state index in [1.807, 2.05) is 45.0 Å². The van der Waals surface area contributed by atoms with E-state index >= 15 is 0 Å². The minimum atomic E-state index is -0.811. The van der Waals surface area contributed by atoms with Crippen LogP contribution in [0.5, 0.6) is 11.5 Å². The number of rotatable bonds is 13. The lowest BCUT2D eigenvalue weighted by molar-refractivity contribution is -0.456. The minimum absolute atomic E-state index is 0.0278.